The monoisotopic (exact) mass is 355 g/mol. The predicted molar refractivity (Wildman–Crippen MR) is 95.4 cm³/mol. The summed E-state index contributed by atoms with van der Waals surface area (Å²) in [5, 5.41) is 13.9. The van der Waals surface area contributed by atoms with Crippen molar-refractivity contribution in [2.24, 2.45) is 5.92 Å². The van der Waals surface area contributed by atoms with Crippen molar-refractivity contribution in [3.8, 4) is 0 Å². The van der Waals surface area contributed by atoms with Crippen molar-refractivity contribution in [2.75, 3.05) is 18.0 Å². The molecule has 4 rings (SSSR count). The van der Waals surface area contributed by atoms with Crippen molar-refractivity contribution in [2.45, 2.75) is 12.8 Å². The number of para-hydroxylation sites is 1. The second-order valence-corrected chi connectivity index (χ2v) is 6.94. The Hall–Kier alpha value is -2.74. The Morgan fingerprint density at radius 1 is 1.40 bits per heavy atom. The van der Waals surface area contributed by atoms with E-state index in [-0.39, 0.29) is 24.2 Å². The smallest absolute Gasteiger partial charge is 0.229 e. The number of nitrogens with one attached hydrogen (secondary N) is 2. The fraction of sp³-hybridized carbons (Fsp3) is 0.294. The van der Waals surface area contributed by atoms with Gasteiger partial charge in [-0.25, -0.2) is 4.98 Å². The third-order valence-corrected chi connectivity index (χ3v) is 5.16. The van der Waals surface area contributed by atoms with E-state index in [1.165, 1.54) is 0 Å². The van der Waals surface area contributed by atoms with Crippen LogP contribution in [-0.2, 0) is 16.0 Å². The molecule has 2 amide bonds. The first-order valence-electron chi connectivity index (χ1n) is 8.12. The maximum atomic E-state index is 12.4. The molecule has 0 bridgehead atoms. The molecule has 0 spiro atoms. The number of hydrogen-bond donors (Lipinski definition) is 2. The normalized spacial score (nSPS) is 17.4. The topological polar surface area (TPSA) is 91.0 Å². The number of nitrogens with zero attached hydrogens (tertiary/aromatic N) is 3. The maximum Gasteiger partial charge on any atom is 0.229 e. The quantitative estimate of drug-likeness (QED) is 0.729. The highest BCUT2D eigenvalue weighted by atomic mass is 32.1. The van der Waals surface area contributed by atoms with E-state index in [0.717, 1.165) is 15.9 Å². The van der Waals surface area contributed by atoms with Gasteiger partial charge in [0.15, 0.2) is 5.82 Å². The van der Waals surface area contributed by atoms with Crippen molar-refractivity contribution in [1.82, 2.24) is 20.5 Å². The first-order valence-corrected chi connectivity index (χ1v) is 9.00. The molecule has 1 aliphatic rings. The minimum atomic E-state index is -0.348. The number of aromatic amines is 1. The summed E-state index contributed by atoms with van der Waals surface area (Å²) in [6, 6.07) is 7.65. The third-order valence-electron chi connectivity index (χ3n) is 4.32. The van der Waals surface area contributed by atoms with Gasteiger partial charge in [-0.2, -0.15) is 5.10 Å². The van der Waals surface area contributed by atoms with Crippen molar-refractivity contribution in [3.63, 3.8) is 0 Å². The van der Waals surface area contributed by atoms with Gasteiger partial charge in [0.2, 0.25) is 11.8 Å². The molecule has 3 heterocycles. The van der Waals surface area contributed by atoms with Crippen LogP contribution >= 0.6 is 11.3 Å². The summed E-state index contributed by atoms with van der Waals surface area (Å²) in [5.41, 5.74) is 0.877. The molecular formula is C17H17N5O2S. The Morgan fingerprint density at radius 3 is 3.12 bits per heavy atom. The number of carbonyl (C=O) groups excluding carboxylic acids is 2. The summed E-state index contributed by atoms with van der Waals surface area (Å²) in [5.74, 6) is 0.0857. The highest BCUT2D eigenvalue weighted by Gasteiger charge is 2.36. The molecule has 7 nitrogen and oxygen atoms in total. The Kier molecular flexibility index (Phi) is 4.19. The van der Waals surface area contributed by atoms with Crippen molar-refractivity contribution >= 4 is 39.9 Å². The van der Waals surface area contributed by atoms with E-state index in [4.69, 9.17) is 0 Å². The molecule has 8 heteroatoms. The summed E-state index contributed by atoms with van der Waals surface area (Å²) in [6.07, 6.45) is 2.67. The van der Waals surface area contributed by atoms with Crippen LogP contribution in [0.25, 0.3) is 10.9 Å². The maximum absolute atomic E-state index is 12.4. The lowest BCUT2D eigenvalue weighted by molar-refractivity contribution is -0.126. The summed E-state index contributed by atoms with van der Waals surface area (Å²) in [7, 11) is 0. The Bertz CT molecular complexity index is 905. The van der Waals surface area contributed by atoms with Crippen LogP contribution in [0.15, 0.2) is 35.8 Å². The minimum Gasteiger partial charge on any atom is -0.355 e. The van der Waals surface area contributed by atoms with Gasteiger partial charge in [-0.1, -0.05) is 12.1 Å². The van der Waals surface area contributed by atoms with Crippen LogP contribution in [0.3, 0.4) is 0 Å². The van der Waals surface area contributed by atoms with E-state index in [1.54, 1.807) is 22.4 Å². The van der Waals surface area contributed by atoms with Crippen LogP contribution < -0.4 is 10.2 Å². The zero-order chi connectivity index (χ0) is 17.2. The van der Waals surface area contributed by atoms with Crippen molar-refractivity contribution in [1.29, 1.82) is 0 Å². The molecule has 0 unspecified atom stereocenters. The molecule has 2 N–H and O–H groups in total. The van der Waals surface area contributed by atoms with Crippen molar-refractivity contribution < 1.29 is 9.59 Å². The van der Waals surface area contributed by atoms with E-state index < -0.39 is 0 Å². The summed E-state index contributed by atoms with van der Waals surface area (Å²) in [6.45, 7) is 0.888. The van der Waals surface area contributed by atoms with E-state index in [1.807, 2.05) is 29.6 Å². The molecule has 1 atom stereocenters. The number of hydrogen-bond acceptors (Lipinski definition) is 5. The standard InChI is InChI=1S/C17H17N5O2S/c23-15-9-11(17(24)19-6-5-14-18-7-8-25-14)10-22(15)16-12-3-1-2-4-13(12)20-21-16/h1-4,7-8,11H,5-6,9-10H2,(H,19,24)(H,20,21)/t11-/m1/s1. The van der Waals surface area contributed by atoms with Crippen LogP contribution in [0, 0.1) is 5.92 Å². The summed E-state index contributed by atoms with van der Waals surface area (Å²) < 4.78 is 0. The van der Waals surface area contributed by atoms with Gasteiger partial charge in [0.1, 0.15) is 0 Å². The van der Waals surface area contributed by atoms with Gasteiger partial charge >= 0.3 is 0 Å². The van der Waals surface area contributed by atoms with E-state index in [0.29, 0.717) is 25.3 Å². The van der Waals surface area contributed by atoms with Gasteiger partial charge in [-0.3, -0.25) is 19.6 Å². The Balaban J connectivity index is 1.40. The lowest BCUT2D eigenvalue weighted by Crippen LogP contribution is -2.34. The fourth-order valence-corrected chi connectivity index (χ4v) is 3.68. The zero-order valence-electron chi connectivity index (χ0n) is 13.4. The second kappa shape index (κ2) is 6.64. The van der Waals surface area contributed by atoms with Gasteiger partial charge in [0.05, 0.1) is 16.4 Å². The first kappa shape index (κ1) is 15.8. The molecular weight excluding hydrogens is 338 g/mol. The summed E-state index contributed by atoms with van der Waals surface area (Å²) in [4.78, 5) is 30.5. The molecule has 1 aromatic carbocycles. The number of anilines is 1. The van der Waals surface area contributed by atoms with Gasteiger partial charge < -0.3 is 5.32 Å². The first-order chi connectivity index (χ1) is 12.2. The SMILES string of the molecule is O=C(NCCc1nccs1)[C@@H]1CC(=O)N(c2n[nH]c3ccccc23)C1. The highest BCUT2D eigenvalue weighted by Crippen LogP contribution is 2.29. The molecule has 1 aliphatic heterocycles. The number of benzene rings is 1. The van der Waals surface area contributed by atoms with E-state index in [9.17, 15) is 9.59 Å². The average molecular weight is 355 g/mol. The molecule has 1 fully saturated rings. The van der Waals surface area contributed by atoms with Gasteiger partial charge in [0.25, 0.3) is 0 Å². The van der Waals surface area contributed by atoms with Gasteiger partial charge in [-0.05, 0) is 12.1 Å². The molecule has 0 radical (unpaired) electrons. The number of amides is 2. The average Bonchev–Trinajstić information content (AvgIpc) is 3.34. The van der Waals surface area contributed by atoms with E-state index >= 15 is 0 Å². The van der Waals surface area contributed by atoms with E-state index in [2.05, 4.69) is 20.5 Å². The van der Waals surface area contributed by atoms with Gasteiger partial charge in [-0.15, -0.1) is 11.3 Å². The largest absolute Gasteiger partial charge is 0.355 e. The minimum absolute atomic E-state index is 0.0719. The molecule has 3 aromatic rings. The number of fused-ring (bicyclic) bond motifs is 1. The summed E-state index contributed by atoms with van der Waals surface area (Å²) >= 11 is 1.57. The molecule has 0 saturated carbocycles. The molecule has 2 aromatic heterocycles. The van der Waals surface area contributed by atoms with Crippen LogP contribution in [-0.4, -0.2) is 40.1 Å². The van der Waals surface area contributed by atoms with Crippen LogP contribution in [0.2, 0.25) is 0 Å². The third kappa shape index (κ3) is 3.12. The van der Waals surface area contributed by atoms with Crippen molar-refractivity contribution in [3.05, 3.63) is 40.8 Å². The number of carbonyl (C=O) groups is 2. The second-order valence-electron chi connectivity index (χ2n) is 5.97. The number of H-pyrrole nitrogens is 1. The molecule has 0 aliphatic carbocycles. The van der Waals surface area contributed by atoms with Gasteiger partial charge in [0, 0.05) is 42.9 Å². The number of aromatic nitrogens is 3. The highest BCUT2D eigenvalue weighted by molar-refractivity contribution is 7.09. The Morgan fingerprint density at radius 2 is 2.28 bits per heavy atom. The van der Waals surface area contributed by atoms with Crippen LogP contribution in [0.1, 0.15) is 11.4 Å². The molecule has 1 saturated heterocycles. The van der Waals surface area contributed by atoms with Crippen LogP contribution in [0.4, 0.5) is 5.82 Å². The number of rotatable bonds is 5. The lowest BCUT2D eigenvalue weighted by atomic mass is 10.1. The Labute approximate surface area is 148 Å². The molecule has 25 heavy (non-hydrogen) atoms. The van der Waals surface area contributed by atoms with Crippen LogP contribution in [0.5, 0.6) is 0 Å². The fourth-order valence-electron chi connectivity index (χ4n) is 3.06. The lowest BCUT2D eigenvalue weighted by Gasteiger charge is -2.14. The molecule has 128 valence electrons. The predicted octanol–water partition coefficient (Wildman–Crippen LogP) is 1.73. The number of thiazole rings is 1. The zero-order valence-corrected chi connectivity index (χ0v) is 14.3.